The van der Waals surface area contributed by atoms with Crippen molar-refractivity contribution in [1.29, 1.82) is 0 Å². The van der Waals surface area contributed by atoms with E-state index in [2.05, 4.69) is 21.7 Å². The van der Waals surface area contributed by atoms with Gasteiger partial charge in [-0.25, -0.2) is 4.39 Å². The maximum atomic E-state index is 13.0. The molecule has 1 aromatic heterocycles. The molecule has 3 heterocycles. The minimum Gasteiger partial charge on any atom is -0.352 e. The lowest BCUT2D eigenvalue weighted by Gasteiger charge is -2.38. The molecule has 30 heavy (non-hydrogen) atoms. The molecule has 7 heteroatoms. The molecule has 1 fully saturated rings. The summed E-state index contributed by atoms with van der Waals surface area (Å²) in [6.07, 6.45) is 2.45. The Morgan fingerprint density at radius 3 is 2.63 bits per heavy atom. The second-order valence-corrected chi connectivity index (χ2v) is 9.21. The van der Waals surface area contributed by atoms with E-state index >= 15 is 0 Å². The Morgan fingerprint density at radius 2 is 1.90 bits per heavy atom. The maximum absolute atomic E-state index is 13.0. The monoisotopic (exact) mass is 429 g/mol. The van der Waals surface area contributed by atoms with E-state index in [4.69, 9.17) is 0 Å². The zero-order valence-corrected chi connectivity index (χ0v) is 18.1. The number of hydrogen-bond acceptors (Lipinski definition) is 4. The van der Waals surface area contributed by atoms with Crippen LogP contribution in [0, 0.1) is 11.7 Å². The normalized spacial score (nSPS) is 18.7. The van der Waals surface area contributed by atoms with Crippen molar-refractivity contribution in [2.45, 2.75) is 45.3 Å². The molecular formula is C23H28FN3O2S. The number of piperidine rings is 1. The molecule has 5 nitrogen and oxygen atoms in total. The number of halogens is 1. The maximum Gasteiger partial charge on any atom is 0.239 e. The third-order valence-corrected chi connectivity index (χ3v) is 7.33. The summed E-state index contributed by atoms with van der Waals surface area (Å²) in [5.74, 6) is -0.0844. The highest BCUT2D eigenvalue weighted by Crippen LogP contribution is 2.26. The van der Waals surface area contributed by atoms with Crippen molar-refractivity contribution in [2.75, 3.05) is 19.6 Å². The van der Waals surface area contributed by atoms with E-state index in [0.717, 1.165) is 44.5 Å². The molecule has 2 aliphatic heterocycles. The zero-order chi connectivity index (χ0) is 21.1. The van der Waals surface area contributed by atoms with Gasteiger partial charge in [-0.3, -0.25) is 14.5 Å². The van der Waals surface area contributed by atoms with Gasteiger partial charge in [0.1, 0.15) is 5.82 Å². The smallest absolute Gasteiger partial charge is 0.239 e. The molecule has 2 amide bonds. The molecule has 0 spiro atoms. The second-order valence-electron chi connectivity index (χ2n) is 8.21. The number of thiophene rings is 1. The lowest BCUT2D eigenvalue weighted by atomic mass is 9.94. The topological polar surface area (TPSA) is 52.7 Å². The third-order valence-electron chi connectivity index (χ3n) is 6.30. The summed E-state index contributed by atoms with van der Waals surface area (Å²) in [7, 11) is 0. The van der Waals surface area contributed by atoms with Gasteiger partial charge in [-0.2, -0.15) is 0 Å². The Hall–Kier alpha value is -2.25. The molecule has 0 saturated carbocycles. The number of carbonyl (C=O) groups is 2. The Morgan fingerprint density at radius 1 is 1.17 bits per heavy atom. The molecule has 1 atom stereocenters. The summed E-state index contributed by atoms with van der Waals surface area (Å²) in [5, 5.41) is 5.06. The highest BCUT2D eigenvalue weighted by atomic mass is 32.1. The van der Waals surface area contributed by atoms with Crippen LogP contribution in [0.2, 0.25) is 0 Å². The zero-order valence-electron chi connectivity index (χ0n) is 17.3. The summed E-state index contributed by atoms with van der Waals surface area (Å²) in [6.45, 7) is 5.40. The van der Waals surface area contributed by atoms with Gasteiger partial charge in [-0.15, -0.1) is 11.3 Å². The van der Waals surface area contributed by atoms with Gasteiger partial charge in [0.25, 0.3) is 0 Å². The number of nitrogens with one attached hydrogen (secondary N) is 1. The van der Waals surface area contributed by atoms with Crippen LogP contribution < -0.4 is 5.32 Å². The Balaban J connectivity index is 1.24. The van der Waals surface area contributed by atoms with Crippen LogP contribution in [0.3, 0.4) is 0 Å². The predicted octanol–water partition coefficient (Wildman–Crippen LogP) is 3.19. The minimum absolute atomic E-state index is 0.0349. The van der Waals surface area contributed by atoms with Gasteiger partial charge < -0.3 is 10.2 Å². The summed E-state index contributed by atoms with van der Waals surface area (Å²) in [5.41, 5.74) is 2.17. The number of benzene rings is 1. The number of rotatable bonds is 5. The van der Waals surface area contributed by atoms with Crippen LogP contribution in [0.5, 0.6) is 0 Å². The van der Waals surface area contributed by atoms with Gasteiger partial charge in [0.15, 0.2) is 0 Å². The molecule has 0 aliphatic carbocycles. The lowest BCUT2D eigenvalue weighted by Crippen LogP contribution is -2.51. The molecular weight excluding hydrogens is 401 g/mol. The summed E-state index contributed by atoms with van der Waals surface area (Å²) >= 11 is 1.78. The van der Waals surface area contributed by atoms with Crippen LogP contribution in [0.15, 0.2) is 35.7 Å². The second kappa shape index (κ2) is 9.27. The first-order chi connectivity index (χ1) is 14.5. The van der Waals surface area contributed by atoms with Crippen LogP contribution in [0.1, 0.15) is 35.8 Å². The van der Waals surface area contributed by atoms with E-state index in [0.29, 0.717) is 13.1 Å². The van der Waals surface area contributed by atoms with Crippen LogP contribution >= 0.6 is 11.3 Å². The van der Waals surface area contributed by atoms with Crippen LogP contribution in [-0.2, 0) is 29.1 Å². The molecule has 2 aliphatic rings. The van der Waals surface area contributed by atoms with E-state index in [-0.39, 0.29) is 29.6 Å². The van der Waals surface area contributed by atoms with Gasteiger partial charge in [-0.05, 0) is 74.0 Å². The van der Waals surface area contributed by atoms with Crippen molar-refractivity contribution >= 4 is 23.2 Å². The van der Waals surface area contributed by atoms with Crippen LogP contribution in [-0.4, -0.2) is 47.3 Å². The highest BCUT2D eigenvalue weighted by Gasteiger charge is 2.32. The summed E-state index contributed by atoms with van der Waals surface area (Å²) in [6, 6.07) is 8.14. The fourth-order valence-corrected chi connectivity index (χ4v) is 5.23. The predicted molar refractivity (Wildman–Crippen MR) is 115 cm³/mol. The standard InChI is InChI=1S/C23H28FN3O2S/c1-16(23(29)27-12-8-21-19(15-27)9-13-30-21)26-10-6-18(7-11-26)22(28)25-14-17-2-4-20(24)5-3-17/h2-5,9,13,16,18H,6-8,10-12,14-15H2,1H3,(H,25,28). The molecule has 0 bridgehead atoms. The van der Waals surface area contributed by atoms with Gasteiger partial charge >= 0.3 is 0 Å². The van der Waals surface area contributed by atoms with Gasteiger partial charge in [-0.1, -0.05) is 12.1 Å². The van der Waals surface area contributed by atoms with E-state index in [1.165, 1.54) is 22.6 Å². The lowest BCUT2D eigenvalue weighted by molar-refractivity contribution is -0.138. The molecule has 0 radical (unpaired) electrons. The van der Waals surface area contributed by atoms with Crippen LogP contribution in [0.25, 0.3) is 0 Å². The Labute approximate surface area is 180 Å². The average molecular weight is 430 g/mol. The van der Waals surface area contributed by atoms with Crippen molar-refractivity contribution in [3.05, 3.63) is 57.5 Å². The molecule has 1 saturated heterocycles. The number of nitrogens with zero attached hydrogens (tertiary/aromatic N) is 2. The highest BCUT2D eigenvalue weighted by molar-refractivity contribution is 7.10. The Kier molecular flexibility index (Phi) is 6.49. The average Bonchev–Trinajstić information content (AvgIpc) is 3.25. The number of amides is 2. The fraction of sp³-hybridized carbons (Fsp3) is 0.478. The molecule has 1 aromatic carbocycles. The van der Waals surface area contributed by atoms with E-state index in [9.17, 15) is 14.0 Å². The van der Waals surface area contributed by atoms with Gasteiger partial charge in [0, 0.05) is 30.4 Å². The van der Waals surface area contributed by atoms with Gasteiger partial charge in [0.05, 0.1) is 6.04 Å². The van der Waals surface area contributed by atoms with Crippen molar-refractivity contribution < 1.29 is 14.0 Å². The molecule has 1 unspecified atom stereocenters. The van der Waals surface area contributed by atoms with Crippen LogP contribution in [0.4, 0.5) is 4.39 Å². The molecule has 1 N–H and O–H groups in total. The first-order valence-corrected chi connectivity index (χ1v) is 11.5. The third kappa shape index (κ3) is 4.73. The van der Waals surface area contributed by atoms with E-state index in [1.807, 2.05) is 11.8 Å². The van der Waals surface area contributed by atoms with Crippen molar-refractivity contribution in [3.63, 3.8) is 0 Å². The molecule has 2 aromatic rings. The SMILES string of the molecule is CC(C(=O)N1CCc2sccc2C1)N1CCC(C(=O)NCc2ccc(F)cc2)CC1. The van der Waals surface area contributed by atoms with Gasteiger partial charge in [0.2, 0.25) is 11.8 Å². The molecule has 160 valence electrons. The summed E-state index contributed by atoms with van der Waals surface area (Å²) < 4.78 is 13.0. The van der Waals surface area contributed by atoms with E-state index < -0.39 is 0 Å². The first kappa shape index (κ1) is 21.0. The minimum atomic E-state index is -0.276. The number of likely N-dealkylation sites (tertiary alicyclic amines) is 1. The fourth-order valence-electron chi connectivity index (χ4n) is 4.34. The van der Waals surface area contributed by atoms with E-state index in [1.54, 1.807) is 23.5 Å². The number of hydrogen-bond donors (Lipinski definition) is 1. The first-order valence-electron chi connectivity index (χ1n) is 10.6. The van der Waals surface area contributed by atoms with Crippen molar-refractivity contribution in [2.24, 2.45) is 5.92 Å². The Bertz CT molecular complexity index is 890. The largest absolute Gasteiger partial charge is 0.352 e. The molecule has 4 rings (SSSR count). The number of fused-ring (bicyclic) bond motifs is 1. The van der Waals surface area contributed by atoms with Crippen molar-refractivity contribution in [3.8, 4) is 0 Å². The quantitative estimate of drug-likeness (QED) is 0.794. The number of carbonyl (C=O) groups excluding carboxylic acids is 2. The summed E-state index contributed by atoms with van der Waals surface area (Å²) in [4.78, 5) is 31.1. The van der Waals surface area contributed by atoms with Crippen molar-refractivity contribution in [1.82, 2.24) is 15.1 Å².